The minimum Gasteiger partial charge on any atom is -0.443 e. The molecule has 0 saturated carbocycles. The maximum atomic E-state index is 12.9. The normalized spacial score (nSPS) is 11.5. The number of aryl methyl sites for hydroxylation is 2. The Morgan fingerprint density at radius 2 is 1.79 bits per heavy atom. The number of anilines is 1. The molecule has 28 heavy (non-hydrogen) atoms. The summed E-state index contributed by atoms with van der Waals surface area (Å²) in [6.07, 6.45) is 1.62. The van der Waals surface area contributed by atoms with Crippen LogP contribution in [0.5, 0.6) is 0 Å². The van der Waals surface area contributed by atoms with Crippen molar-refractivity contribution in [2.24, 2.45) is 0 Å². The molecule has 3 aromatic rings. The molecule has 3 rings (SSSR count). The molecule has 1 atom stereocenters. The van der Waals surface area contributed by atoms with Crippen LogP contribution in [0.2, 0.25) is 5.02 Å². The second-order valence-electron chi connectivity index (χ2n) is 6.19. The van der Waals surface area contributed by atoms with E-state index in [1.165, 1.54) is 12.4 Å². The molecule has 1 amide bonds. The van der Waals surface area contributed by atoms with Gasteiger partial charge in [-0.1, -0.05) is 48.0 Å². The van der Waals surface area contributed by atoms with E-state index in [0.29, 0.717) is 22.0 Å². The van der Waals surface area contributed by atoms with E-state index in [1.807, 2.05) is 13.0 Å². The third-order valence-corrected chi connectivity index (χ3v) is 4.40. The third-order valence-electron chi connectivity index (χ3n) is 3.99. The van der Waals surface area contributed by atoms with Gasteiger partial charge in [-0.15, -0.1) is 0 Å². The molecule has 0 unspecified atom stereocenters. The SMILES string of the molecule is Cc1cnc(C(=O)O[C@@H](C(=O)Nc2ccc(C)c(Cl)c2)c2ccccc2)cn1. The summed E-state index contributed by atoms with van der Waals surface area (Å²) in [4.78, 5) is 33.4. The Morgan fingerprint density at radius 1 is 1.04 bits per heavy atom. The van der Waals surface area contributed by atoms with Crippen molar-refractivity contribution in [1.29, 1.82) is 0 Å². The van der Waals surface area contributed by atoms with Crippen LogP contribution in [0, 0.1) is 13.8 Å². The molecule has 1 heterocycles. The molecule has 0 aliphatic carbocycles. The van der Waals surface area contributed by atoms with Crippen molar-refractivity contribution in [3.63, 3.8) is 0 Å². The minimum atomic E-state index is -1.16. The molecule has 0 aliphatic heterocycles. The van der Waals surface area contributed by atoms with Crippen molar-refractivity contribution in [2.75, 3.05) is 5.32 Å². The molecule has 0 bridgehead atoms. The lowest BCUT2D eigenvalue weighted by Gasteiger charge is -2.18. The summed E-state index contributed by atoms with van der Waals surface area (Å²) in [5.41, 5.74) is 2.63. The second-order valence-corrected chi connectivity index (χ2v) is 6.60. The number of ether oxygens (including phenoxy) is 1. The number of nitrogens with one attached hydrogen (secondary N) is 1. The molecule has 1 aromatic heterocycles. The van der Waals surface area contributed by atoms with Gasteiger partial charge in [0.25, 0.3) is 5.91 Å². The zero-order valence-electron chi connectivity index (χ0n) is 15.3. The highest BCUT2D eigenvalue weighted by Gasteiger charge is 2.26. The molecular formula is C21H18ClN3O3. The van der Waals surface area contributed by atoms with E-state index in [2.05, 4.69) is 15.3 Å². The predicted molar refractivity (Wildman–Crippen MR) is 106 cm³/mol. The molecule has 1 N–H and O–H groups in total. The topological polar surface area (TPSA) is 81.2 Å². The summed E-state index contributed by atoms with van der Waals surface area (Å²) in [6.45, 7) is 3.63. The summed E-state index contributed by atoms with van der Waals surface area (Å²) in [7, 11) is 0. The van der Waals surface area contributed by atoms with Crippen LogP contribution >= 0.6 is 11.6 Å². The Kier molecular flexibility index (Phi) is 6.01. The van der Waals surface area contributed by atoms with E-state index in [-0.39, 0.29) is 5.69 Å². The molecular weight excluding hydrogens is 378 g/mol. The number of benzene rings is 2. The summed E-state index contributed by atoms with van der Waals surface area (Å²) in [5.74, 6) is -1.24. The lowest BCUT2D eigenvalue weighted by atomic mass is 10.1. The number of amides is 1. The summed E-state index contributed by atoms with van der Waals surface area (Å²) in [5, 5.41) is 3.27. The van der Waals surface area contributed by atoms with Gasteiger partial charge in [0, 0.05) is 22.5 Å². The average molecular weight is 396 g/mol. The van der Waals surface area contributed by atoms with Gasteiger partial charge in [-0.3, -0.25) is 9.78 Å². The molecule has 0 saturated heterocycles. The van der Waals surface area contributed by atoms with Crippen LogP contribution in [-0.2, 0) is 9.53 Å². The summed E-state index contributed by atoms with van der Waals surface area (Å²) < 4.78 is 5.46. The highest BCUT2D eigenvalue weighted by Crippen LogP contribution is 2.24. The Hall–Kier alpha value is -3.25. The smallest absolute Gasteiger partial charge is 0.359 e. The standard InChI is InChI=1S/C21H18ClN3O3/c1-13-8-9-16(10-17(13)22)25-20(26)19(15-6-4-3-5-7-15)28-21(27)18-12-23-14(2)11-24-18/h3-12,19H,1-2H3,(H,25,26)/t19-/m1/s1. The number of aromatic nitrogens is 2. The lowest BCUT2D eigenvalue weighted by Crippen LogP contribution is -2.26. The quantitative estimate of drug-likeness (QED) is 0.652. The highest BCUT2D eigenvalue weighted by atomic mass is 35.5. The minimum absolute atomic E-state index is 0.0257. The van der Waals surface area contributed by atoms with E-state index < -0.39 is 18.0 Å². The van der Waals surface area contributed by atoms with Crippen molar-refractivity contribution >= 4 is 29.2 Å². The van der Waals surface area contributed by atoms with Gasteiger partial charge in [-0.05, 0) is 31.5 Å². The first-order valence-electron chi connectivity index (χ1n) is 8.55. The fourth-order valence-electron chi connectivity index (χ4n) is 2.44. The number of rotatable bonds is 5. The molecule has 0 spiro atoms. The molecule has 7 heteroatoms. The van der Waals surface area contributed by atoms with Crippen LogP contribution in [0.4, 0.5) is 5.69 Å². The van der Waals surface area contributed by atoms with Gasteiger partial charge in [0.15, 0.2) is 5.69 Å². The monoisotopic (exact) mass is 395 g/mol. The first kappa shape index (κ1) is 19.5. The number of carbonyl (C=O) groups excluding carboxylic acids is 2. The molecule has 142 valence electrons. The third kappa shape index (κ3) is 4.72. The maximum Gasteiger partial charge on any atom is 0.359 e. The van der Waals surface area contributed by atoms with Crippen LogP contribution in [0.15, 0.2) is 60.9 Å². The number of hydrogen-bond acceptors (Lipinski definition) is 5. The Morgan fingerprint density at radius 3 is 2.43 bits per heavy atom. The van der Waals surface area contributed by atoms with Crippen LogP contribution in [0.1, 0.15) is 33.4 Å². The Bertz CT molecular complexity index is 992. The fourth-order valence-corrected chi connectivity index (χ4v) is 2.63. The van der Waals surface area contributed by atoms with Crippen molar-refractivity contribution < 1.29 is 14.3 Å². The van der Waals surface area contributed by atoms with Gasteiger partial charge in [-0.25, -0.2) is 9.78 Å². The zero-order valence-corrected chi connectivity index (χ0v) is 16.1. The second kappa shape index (κ2) is 8.63. The zero-order chi connectivity index (χ0) is 20.1. The Balaban J connectivity index is 1.84. The van der Waals surface area contributed by atoms with E-state index in [9.17, 15) is 9.59 Å². The molecule has 0 radical (unpaired) electrons. The molecule has 2 aromatic carbocycles. The van der Waals surface area contributed by atoms with Crippen molar-refractivity contribution in [3.05, 3.63) is 88.5 Å². The fraction of sp³-hybridized carbons (Fsp3) is 0.143. The number of esters is 1. The average Bonchev–Trinajstić information content (AvgIpc) is 2.70. The van der Waals surface area contributed by atoms with Crippen LogP contribution in [0.25, 0.3) is 0 Å². The largest absolute Gasteiger partial charge is 0.443 e. The Labute approximate surface area is 167 Å². The van der Waals surface area contributed by atoms with Crippen molar-refractivity contribution in [3.8, 4) is 0 Å². The highest BCUT2D eigenvalue weighted by molar-refractivity contribution is 6.31. The summed E-state index contributed by atoms with van der Waals surface area (Å²) in [6, 6.07) is 13.9. The number of halogens is 1. The molecule has 6 nitrogen and oxygen atoms in total. The van der Waals surface area contributed by atoms with E-state index in [1.54, 1.807) is 49.4 Å². The lowest BCUT2D eigenvalue weighted by molar-refractivity contribution is -0.125. The van der Waals surface area contributed by atoms with Gasteiger partial charge < -0.3 is 10.1 Å². The number of nitrogens with zero attached hydrogens (tertiary/aromatic N) is 2. The number of hydrogen-bond donors (Lipinski definition) is 1. The molecule has 0 fully saturated rings. The van der Waals surface area contributed by atoms with Gasteiger partial charge in [-0.2, -0.15) is 0 Å². The van der Waals surface area contributed by atoms with Crippen LogP contribution < -0.4 is 5.32 Å². The van der Waals surface area contributed by atoms with Gasteiger partial charge in [0.05, 0.1) is 11.9 Å². The van der Waals surface area contributed by atoms with Gasteiger partial charge >= 0.3 is 5.97 Å². The van der Waals surface area contributed by atoms with E-state index >= 15 is 0 Å². The maximum absolute atomic E-state index is 12.9. The van der Waals surface area contributed by atoms with Crippen LogP contribution in [-0.4, -0.2) is 21.8 Å². The van der Waals surface area contributed by atoms with Crippen LogP contribution in [0.3, 0.4) is 0 Å². The first-order valence-corrected chi connectivity index (χ1v) is 8.93. The molecule has 0 aliphatic rings. The van der Waals surface area contributed by atoms with Crippen molar-refractivity contribution in [2.45, 2.75) is 20.0 Å². The predicted octanol–water partition coefficient (Wildman–Crippen LogP) is 4.28. The number of carbonyl (C=O) groups is 2. The van der Waals surface area contributed by atoms with E-state index in [0.717, 1.165) is 5.56 Å². The van der Waals surface area contributed by atoms with E-state index in [4.69, 9.17) is 16.3 Å². The van der Waals surface area contributed by atoms with Gasteiger partial charge in [0.2, 0.25) is 6.10 Å². The van der Waals surface area contributed by atoms with Gasteiger partial charge in [0.1, 0.15) is 0 Å². The summed E-state index contributed by atoms with van der Waals surface area (Å²) >= 11 is 6.12. The first-order chi connectivity index (χ1) is 13.4. The van der Waals surface area contributed by atoms with Crippen molar-refractivity contribution in [1.82, 2.24) is 9.97 Å².